The molecule has 1 aliphatic rings. The normalized spacial score (nSPS) is 24.0. The zero-order chi connectivity index (χ0) is 18.6. The van der Waals surface area contributed by atoms with E-state index in [4.69, 9.17) is 9.15 Å². The first-order valence-corrected chi connectivity index (χ1v) is 10.1. The van der Waals surface area contributed by atoms with Crippen LogP contribution in [-0.4, -0.2) is 10.7 Å². The van der Waals surface area contributed by atoms with E-state index in [0.717, 1.165) is 16.7 Å². The SMILES string of the molecule is C[C@@H]1CC[C@@H](C(C)(C)c2ccccc2)[C@H](O[C](=[Cr])/C=C/c2ccco2)C1. The molecule has 0 unspecified atom stereocenters. The van der Waals surface area contributed by atoms with Crippen LogP contribution in [0.25, 0.3) is 6.08 Å². The Hall–Kier alpha value is -1.40. The van der Waals surface area contributed by atoms with Gasteiger partial charge in [-0.15, -0.1) is 0 Å². The van der Waals surface area contributed by atoms with Gasteiger partial charge in [-0.1, -0.05) is 0 Å². The van der Waals surface area contributed by atoms with E-state index in [2.05, 4.69) is 67.0 Å². The van der Waals surface area contributed by atoms with Crippen LogP contribution in [0.15, 0.2) is 59.2 Å². The zero-order valence-electron chi connectivity index (χ0n) is 15.9. The molecule has 3 atom stereocenters. The first-order chi connectivity index (χ1) is 12.5. The maximum atomic E-state index is 6.41. The number of benzene rings is 1. The number of furan rings is 1. The number of ether oxygens (including phenoxy) is 1. The fraction of sp³-hybridized carbons (Fsp3) is 0.435. The van der Waals surface area contributed by atoms with E-state index in [9.17, 15) is 0 Å². The molecule has 0 saturated heterocycles. The van der Waals surface area contributed by atoms with Gasteiger partial charge in [0.25, 0.3) is 0 Å². The molecule has 0 bridgehead atoms. The summed E-state index contributed by atoms with van der Waals surface area (Å²) in [5.41, 5.74) is 1.47. The summed E-state index contributed by atoms with van der Waals surface area (Å²) >= 11 is 3.08. The van der Waals surface area contributed by atoms with E-state index in [1.807, 2.05) is 24.3 Å². The Morgan fingerprint density at radius 2 is 1.92 bits per heavy atom. The Kier molecular flexibility index (Phi) is 6.35. The molecule has 1 fully saturated rings. The molecule has 1 saturated carbocycles. The van der Waals surface area contributed by atoms with Crippen molar-refractivity contribution in [2.24, 2.45) is 11.8 Å². The van der Waals surface area contributed by atoms with E-state index in [1.165, 1.54) is 18.4 Å². The average molecular weight is 388 g/mol. The minimum absolute atomic E-state index is 0.0804. The van der Waals surface area contributed by atoms with Gasteiger partial charge in [-0.05, 0) is 0 Å². The molecule has 0 aliphatic heterocycles. The summed E-state index contributed by atoms with van der Waals surface area (Å²) in [6.45, 7) is 7.05. The molecule has 0 radical (unpaired) electrons. The Labute approximate surface area is 165 Å². The van der Waals surface area contributed by atoms with Crippen LogP contribution < -0.4 is 0 Å². The zero-order valence-corrected chi connectivity index (χ0v) is 17.1. The number of rotatable bonds is 6. The van der Waals surface area contributed by atoms with Crippen LogP contribution >= 0.6 is 0 Å². The van der Waals surface area contributed by atoms with Crippen LogP contribution in [0.2, 0.25) is 0 Å². The summed E-state index contributed by atoms with van der Waals surface area (Å²) in [6.07, 6.45) is 9.36. The van der Waals surface area contributed by atoms with Crippen LogP contribution in [0.3, 0.4) is 0 Å². The van der Waals surface area contributed by atoms with Gasteiger partial charge in [0.1, 0.15) is 0 Å². The Bertz CT molecular complexity index is 731. The van der Waals surface area contributed by atoms with E-state index >= 15 is 0 Å². The first-order valence-electron chi connectivity index (χ1n) is 9.44. The molecule has 2 aromatic rings. The van der Waals surface area contributed by atoms with Crippen LogP contribution in [0, 0.1) is 11.8 Å². The molecule has 1 aromatic heterocycles. The molecule has 138 valence electrons. The second kappa shape index (κ2) is 8.53. The van der Waals surface area contributed by atoms with Crippen molar-refractivity contribution in [2.75, 3.05) is 0 Å². The van der Waals surface area contributed by atoms with Crippen LogP contribution in [0.4, 0.5) is 0 Å². The van der Waals surface area contributed by atoms with Crippen molar-refractivity contribution in [1.82, 2.24) is 0 Å². The average Bonchev–Trinajstić information content (AvgIpc) is 3.14. The third kappa shape index (κ3) is 4.65. The van der Waals surface area contributed by atoms with E-state index in [0.29, 0.717) is 11.8 Å². The molecule has 0 N–H and O–H groups in total. The van der Waals surface area contributed by atoms with Gasteiger partial charge in [-0.2, -0.15) is 0 Å². The van der Waals surface area contributed by atoms with Crippen molar-refractivity contribution in [1.29, 1.82) is 0 Å². The third-order valence-electron chi connectivity index (χ3n) is 5.69. The van der Waals surface area contributed by atoms with Gasteiger partial charge in [0.2, 0.25) is 0 Å². The monoisotopic (exact) mass is 388 g/mol. The predicted octanol–water partition coefficient (Wildman–Crippen LogP) is 5.77. The molecule has 2 nitrogen and oxygen atoms in total. The molecule has 0 spiro atoms. The fourth-order valence-corrected chi connectivity index (χ4v) is 4.39. The van der Waals surface area contributed by atoms with Gasteiger partial charge in [-0.3, -0.25) is 0 Å². The van der Waals surface area contributed by atoms with Crippen molar-refractivity contribution in [3.05, 3.63) is 66.1 Å². The van der Waals surface area contributed by atoms with Gasteiger partial charge in [-0.25, -0.2) is 0 Å². The van der Waals surface area contributed by atoms with Crippen molar-refractivity contribution in [2.45, 2.75) is 51.6 Å². The Morgan fingerprint density at radius 1 is 1.15 bits per heavy atom. The minimum atomic E-state index is 0.0804. The van der Waals surface area contributed by atoms with Gasteiger partial charge in [0.15, 0.2) is 0 Å². The van der Waals surface area contributed by atoms with Gasteiger partial charge in [0.05, 0.1) is 0 Å². The van der Waals surface area contributed by atoms with Crippen LogP contribution in [0.5, 0.6) is 0 Å². The van der Waals surface area contributed by atoms with Crippen molar-refractivity contribution in [3.63, 3.8) is 0 Å². The van der Waals surface area contributed by atoms with Crippen molar-refractivity contribution in [3.8, 4) is 0 Å². The Morgan fingerprint density at radius 3 is 2.62 bits per heavy atom. The summed E-state index contributed by atoms with van der Waals surface area (Å²) in [7, 11) is 0. The summed E-state index contributed by atoms with van der Waals surface area (Å²) in [5.74, 6) is 2.02. The molecule has 3 heteroatoms. The second-order valence-electron chi connectivity index (χ2n) is 7.94. The summed E-state index contributed by atoms with van der Waals surface area (Å²) in [4.78, 5) is 0. The maximum absolute atomic E-state index is 6.41. The van der Waals surface area contributed by atoms with E-state index in [-0.39, 0.29) is 11.5 Å². The second-order valence-corrected chi connectivity index (χ2v) is 8.56. The van der Waals surface area contributed by atoms with Gasteiger partial charge >= 0.3 is 165 Å². The molecule has 1 aromatic carbocycles. The molecule has 3 rings (SSSR count). The molecule has 0 amide bonds. The van der Waals surface area contributed by atoms with Gasteiger partial charge in [0, 0.05) is 0 Å². The summed E-state index contributed by atoms with van der Waals surface area (Å²) < 4.78 is 12.6. The Balaban J connectivity index is 1.75. The fourth-order valence-electron chi connectivity index (χ4n) is 4.09. The quantitative estimate of drug-likeness (QED) is 0.627. The van der Waals surface area contributed by atoms with E-state index < -0.39 is 0 Å². The van der Waals surface area contributed by atoms with Crippen molar-refractivity contribution < 1.29 is 25.0 Å². The molecular formula is C23H28CrO2. The van der Waals surface area contributed by atoms with Gasteiger partial charge < -0.3 is 0 Å². The molecule has 1 aliphatic carbocycles. The molecule has 1 heterocycles. The first kappa shape index (κ1) is 19.4. The summed E-state index contributed by atoms with van der Waals surface area (Å²) in [5, 5.41) is 0. The van der Waals surface area contributed by atoms with Crippen molar-refractivity contribution >= 4 is 10.6 Å². The van der Waals surface area contributed by atoms with Crippen LogP contribution in [-0.2, 0) is 26.0 Å². The predicted molar refractivity (Wildman–Crippen MR) is 104 cm³/mol. The topological polar surface area (TPSA) is 22.4 Å². The molecular weight excluding hydrogens is 360 g/mol. The number of hydrogen-bond acceptors (Lipinski definition) is 2. The third-order valence-corrected chi connectivity index (χ3v) is 6.06. The summed E-state index contributed by atoms with van der Waals surface area (Å²) in [6, 6.07) is 14.7. The molecule has 26 heavy (non-hydrogen) atoms. The number of hydrogen-bond donors (Lipinski definition) is 0. The van der Waals surface area contributed by atoms with Crippen LogP contribution in [0.1, 0.15) is 51.4 Å². The standard InChI is InChI=1S/C23H28O2.Cr/c1-18-13-14-21(23(2,3)19-9-5-4-6-10-19)22(17-18)25-16-8-12-20-11-7-15-24-20;/h4-12,15,18,21-22H,13-14,17H2,1-3H3;/b12-8+;/t18-,21-,22-;/m1./s1. The van der Waals surface area contributed by atoms with E-state index in [1.54, 1.807) is 6.26 Å².